The number of aliphatic imine (C=N–C) groups is 1. The van der Waals surface area contributed by atoms with E-state index in [0.29, 0.717) is 0 Å². The first-order valence-electron chi connectivity index (χ1n) is 8.19. The van der Waals surface area contributed by atoms with Gasteiger partial charge in [0.25, 0.3) is 0 Å². The Morgan fingerprint density at radius 1 is 1.18 bits per heavy atom. The zero-order valence-corrected chi connectivity index (χ0v) is 17.3. The van der Waals surface area contributed by atoms with E-state index in [2.05, 4.69) is 46.8 Å². The molecule has 0 fully saturated rings. The molecule has 0 amide bonds. The molecule has 0 aliphatic rings. The largest absolute Gasteiger partial charge is 0.357 e. The predicted molar refractivity (Wildman–Crippen MR) is 109 cm³/mol. The van der Waals surface area contributed by atoms with Crippen molar-refractivity contribution in [1.29, 1.82) is 0 Å². The van der Waals surface area contributed by atoms with Crippen LogP contribution >= 0.6 is 35.3 Å². The Hall–Kier alpha value is -0.370. The van der Waals surface area contributed by atoms with Gasteiger partial charge >= 0.3 is 0 Å². The van der Waals surface area contributed by atoms with E-state index in [9.17, 15) is 0 Å². The van der Waals surface area contributed by atoms with Gasteiger partial charge < -0.3 is 10.6 Å². The van der Waals surface area contributed by atoms with Crippen molar-refractivity contribution in [1.82, 2.24) is 15.6 Å². The Morgan fingerprint density at radius 3 is 2.64 bits per heavy atom. The van der Waals surface area contributed by atoms with Gasteiger partial charge in [-0.15, -0.1) is 35.3 Å². The molecule has 22 heavy (non-hydrogen) atoms. The van der Waals surface area contributed by atoms with Gasteiger partial charge in [0.05, 0.1) is 5.01 Å². The van der Waals surface area contributed by atoms with Crippen molar-refractivity contribution < 1.29 is 0 Å². The third-order valence-corrected chi connectivity index (χ3v) is 4.18. The molecule has 1 aromatic rings. The first kappa shape index (κ1) is 21.6. The zero-order valence-electron chi connectivity index (χ0n) is 14.2. The van der Waals surface area contributed by atoms with E-state index in [4.69, 9.17) is 0 Å². The number of nitrogens with one attached hydrogen (secondary N) is 2. The summed E-state index contributed by atoms with van der Waals surface area (Å²) in [4.78, 5) is 9.09. The summed E-state index contributed by atoms with van der Waals surface area (Å²) in [6.45, 7) is 9.19. The van der Waals surface area contributed by atoms with Crippen LogP contribution in [0.15, 0.2) is 10.4 Å². The van der Waals surface area contributed by atoms with Crippen LogP contribution in [0.5, 0.6) is 0 Å². The molecular formula is C16H31IN4S. The highest BCUT2D eigenvalue weighted by atomic mass is 127. The van der Waals surface area contributed by atoms with E-state index in [0.717, 1.165) is 44.1 Å². The van der Waals surface area contributed by atoms with Crippen LogP contribution in [-0.2, 0) is 6.42 Å². The fraction of sp³-hybridized carbons (Fsp3) is 0.750. The lowest BCUT2D eigenvalue weighted by Crippen LogP contribution is -2.37. The van der Waals surface area contributed by atoms with Crippen LogP contribution in [0.1, 0.15) is 56.7 Å². The van der Waals surface area contributed by atoms with E-state index >= 15 is 0 Å². The number of halogens is 1. The number of rotatable bonds is 10. The molecule has 0 bridgehead atoms. The molecule has 0 aliphatic heterocycles. The Morgan fingerprint density at radius 2 is 2.00 bits per heavy atom. The van der Waals surface area contributed by atoms with Gasteiger partial charge in [-0.3, -0.25) is 4.99 Å². The maximum Gasteiger partial charge on any atom is 0.191 e. The molecule has 0 atom stereocenters. The van der Waals surface area contributed by atoms with Crippen molar-refractivity contribution in [3.05, 3.63) is 16.1 Å². The summed E-state index contributed by atoms with van der Waals surface area (Å²) in [5.74, 6) is 0.957. The average Bonchev–Trinajstić information content (AvgIpc) is 2.88. The molecule has 1 heterocycles. The lowest BCUT2D eigenvalue weighted by atomic mass is 10.2. The molecule has 128 valence electrons. The highest BCUT2D eigenvalue weighted by Crippen LogP contribution is 2.11. The Balaban J connectivity index is 0.00000441. The van der Waals surface area contributed by atoms with E-state index in [1.54, 1.807) is 11.3 Å². The first-order valence-corrected chi connectivity index (χ1v) is 9.07. The number of unbranched alkanes of at least 4 members (excludes halogenated alkanes) is 3. The van der Waals surface area contributed by atoms with Crippen molar-refractivity contribution in [3.8, 4) is 0 Å². The van der Waals surface area contributed by atoms with Gasteiger partial charge in [-0.1, -0.05) is 19.8 Å². The molecule has 1 aromatic heterocycles. The average molecular weight is 438 g/mol. The predicted octanol–water partition coefficient (Wildman–Crippen LogP) is 4.14. The molecule has 0 saturated heterocycles. The van der Waals surface area contributed by atoms with Gasteiger partial charge in [0.2, 0.25) is 0 Å². The summed E-state index contributed by atoms with van der Waals surface area (Å²) in [6, 6.07) is 0. The Labute approximate surface area is 156 Å². The van der Waals surface area contributed by atoms with Crippen molar-refractivity contribution in [2.24, 2.45) is 4.99 Å². The van der Waals surface area contributed by atoms with Crippen LogP contribution in [0.4, 0.5) is 0 Å². The molecular weight excluding hydrogens is 407 g/mol. The molecule has 0 spiro atoms. The van der Waals surface area contributed by atoms with Gasteiger partial charge in [-0.2, -0.15) is 0 Å². The molecule has 0 aliphatic carbocycles. The standard InChI is InChI=1S/C16H30N4S.HI/c1-4-6-8-11-18-16(17-5-2)19-12-9-7-10-15-20-14(3)13-21-15;/h13H,4-12H2,1-3H3,(H2,17,18,19);1H. The van der Waals surface area contributed by atoms with E-state index in [1.807, 2.05) is 0 Å². The van der Waals surface area contributed by atoms with Gasteiger partial charge in [-0.05, 0) is 39.5 Å². The van der Waals surface area contributed by atoms with Crippen molar-refractivity contribution in [2.75, 3.05) is 19.6 Å². The smallest absolute Gasteiger partial charge is 0.191 e. The monoisotopic (exact) mass is 438 g/mol. The number of guanidine groups is 1. The quantitative estimate of drug-likeness (QED) is 0.250. The second-order valence-electron chi connectivity index (χ2n) is 5.23. The lowest BCUT2D eigenvalue weighted by molar-refractivity contribution is 0.685. The second-order valence-corrected chi connectivity index (χ2v) is 6.18. The summed E-state index contributed by atoms with van der Waals surface area (Å²) in [7, 11) is 0. The summed E-state index contributed by atoms with van der Waals surface area (Å²) >= 11 is 1.77. The summed E-state index contributed by atoms with van der Waals surface area (Å²) < 4.78 is 0. The molecule has 4 nitrogen and oxygen atoms in total. The van der Waals surface area contributed by atoms with Crippen LogP contribution in [0.25, 0.3) is 0 Å². The summed E-state index contributed by atoms with van der Waals surface area (Å²) in [5, 5.41) is 10.1. The minimum atomic E-state index is 0. The maximum atomic E-state index is 4.59. The first-order chi connectivity index (χ1) is 10.3. The second kappa shape index (κ2) is 14.2. The molecule has 2 N–H and O–H groups in total. The third-order valence-electron chi connectivity index (χ3n) is 3.15. The number of hydrogen-bond donors (Lipinski definition) is 2. The summed E-state index contributed by atoms with van der Waals surface area (Å²) in [6.07, 6.45) is 7.10. The van der Waals surface area contributed by atoms with Gasteiger partial charge in [0, 0.05) is 30.7 Å². The van der Waals surface area contributed by atoms with E-state index < -0.39 is 0 Å². The third kappa shape index (κ3) is 10.4. The molecule has 6 heteroatoms. The molecule has 0 unspecified atom stereocenters. The summed E-state index contributed by atoms with van der Waals surface area (Å²) in [5.41, 5.74) is 1.14. The van der Waals surface area contributed by atoms with Crippen molar-refractivity contribution in [3.63, 3.8) is 0 Å². The van der Waals surface area contributed by atoms with Crippen LogP contribution in [0.2, 0.25) is 0 Å². The number of thiazole rings is 1. The zero-order chi connectivity index (χ0) is 15.3. The fourth-order valence-electron chi connectivity index (χ4n) is 2.02. The Bertz CT molecular complexity index is 407. The van der Waals surface area contributed by atoms with Crippen LogP contribution < -0.4 is 10.6 Å². The SMILES string of the molecule is CCCCCN=C(NCC)NCCCCc1nc(C)cs1.I. The molecule has 0 saturated carbocycles. The number of aromatic nitrogens is 1. The normalized spacial score (nSPS) is 11.1. The number of hydrogen-bond acceptors (Lipinski definition) is 3. The minimum absolute atomic E-state index is 0. The van der Waals surface area contributed by atoms with E-state index in [1.165, 1.54) is 30.7 Å². The van der Waals surface area contributed by atoms with Gasteiger partial charge in [0.15, 0.2) is 5.96 Å². The minimum Gasteiger partial charge on any atom is -0.357 e. The lowest BCUT2D eigenvalue weighted by Gasteiger charge is -2.10. The highest BCUT2D eigenvalue weighted by molar-refractivity contribution is 14.0. The number of aryl methyl sites for hydroxylation is 2. The van der Waals surface area contributed by atoms with Crippen LogP contribution in [0.3, 0.4) is 0 Å². The molecule has 0 radical (unpaired) electrons. The highest BCUT2D eigenvalue weighted by Gasteiger charge is 1.99. The van der Waals surface area contributed by atoms with Crippen LogP contribution in [0, 0.1) is 6.92 Å². The van der Waals surface area contributed by atoms with Crippen molar-refractivity contribution >= 4 is 41.3 Å². The van der Waals surface area contributed by atoms with Gasteiger partial charge in [0.1, 0.15) is 0 Å². The van der Waals surface area contributed by atoms with Crippen LogP contribution in [-0.4, -0.2) is 30.6 Å². The fourth-order valence-corrected chi connectivity index (χ4v) is 2.84. The Kier molecular flexibility index (Phi) is 14.0. The maximum absolute atomic E-state index is 4.59. The molecule has 0 aromatic carbocycles. The number of nitrogens with zero attached hydrogens (tertiary/aromatic N) is 2. The van der Waals surface area contributed by atoms with Crippen molar-refractivity contribution in [2.45, 2.75) is 59.3 Å². The topological polar surface area (TPSA) is 49.3 Å². The molecule has 1 rings (SSSR count). The van der Waals surface area contributed by atoms with E-state index in [-0.39, 0.29) is 24.0 Å². The van der Waals surface area contributed by atoms with Gasteiger partial charge in [-0.25, -0.2) is 4.98 Å².